The van der Waals surface area contributed by atoms with Gasteiger partial charge in [0, 0.05) is 35.5 Å². The van der Waals surface area contributed by atoms with Crippen LogP contribution in [0.3, 0.4) is 0 Å². The van der Waals surface area contributed by atoms with Gasteiger partial charge in [0.05, 0.1) is 15.6 Å². The Balaban J connectivity index is 2.21. The lowest BCUT2D eigenvalue weighted by Crippen LogP contribution is -1.97. The fourth-order valence-corrected chi connectivity index (χ4v) is 3.22. The summed E-state index contributed by atoms with van der Waals surface area (Å²) in [6, 6.07) is 12.4. The number of hydrogen-bond donors (Lipinski definition) is 0. The zero-order valence-corrected chi connectivity index (χ0v) is 14.8. The van der Waals surface area contributed by atoms with E-state index in [4.69, 9.17) is 11.6 Å². The van der Waals surface area contributed by atoms with Crippen LogP contribution in [-0.2, 0) is 9.84 Å². The van der Waals surface area contributed by atoms with E-state index in [1.807, 2.05) is 25.1 Å². The Morgan fingerprint density at radius 3 is 2.42 bits per heavy atom. The van der Waals surface area contributed by atoms with Crippen molar-refractivity contribution in [3.63, 3.8) is 0 Å². The van der Waals surface area contributed by atoms with E-state index in [1.165, 1.54) is 6.26 Å². The summed E-state index contributed by atoms with van der Waals surface area (Å²) in [5.74, 6) is 0. The number of aromatic nitrogens is 2. The van der Waals surface area contributed by atoms with Gasteiger partial charge in [-0.05, 0) is 42.8 Å². The Hall–Kier alpha value is -2.24. The molecular weight excluding hydrogens is 344 g/mol. The molecule has 1 aromatic carbocycles. The lowest BCUT2D eigenvalue weighted by molar-refractivity contribution is 0.602. The summed E-state index contributed by atoms with van der Waals surface area (Å²) in [6.45, 7) is 1.91. The van der Waals surface area contributed by atoms with Crippen molar-refractivity contribution in [3.8, 4) is 22.4 Å². The molecule has 2 heterocycles. The van der Waals surface area contributed by atoms with Crippen LogP contribution >= 0.6 is 11.6 Å². The molecule has 2 aromatic heterocycles. The Morgan fingerprint density at radius 2 is 1.75 bits per heavy atom. The Morgan fingerprint density at radius 1 is 0.958 bits per heavy atom. The third-order valence-electron chi connectivity index (χ3n) is 3.61. The van der Waals surface area contributed by atoms with Crippen LogP contribution in [-0.4, -0.2) is 24.6 Å². The zero-order chi connectivity index (χ0) is 17.3. The van der Waals surface area contributed by atoms with Crippen LogP contribution in [0.25, 0.3) is 22.4 Å². The van der Waals surface area contributed by atoms with Crippen molar-refractivity contribution in [1.29, 1.82) is 0 Å². The monoisotopic (exact) mass is 358 g/mol. The van der Waals surface area contributed by atoms with Crippen LogP contribution in [0.1, 0.15) is 5.69 Å². The van der Waals surface area contributed by atoms with Gasteiger partial charge in [0.1, 0.15) is 0 Å². The van der Waals surface area contributed by atoms with Gasteiger partial charge in [0.15, 0.2) is 9.84 Å². The number of sulfone groups is 1. The smallest absolute Gasteiger partial charge is 0.175 e. The average Bonchev–Trinajstić information content (AvgIpc) is 2.55. The normalized spacial score (nSPS) is 11.5. The van der Waals surface area contributed by atoms with Crippen molar-refractivity contribution in [2.24, 2.45) is 0 Å². The molecule has 122 valence electrons. The molecule has 24 heavy (non-hydrogen) atoms. The van der Waals surface area contributed by atoms with Gasteiger partial charge in [-0.2, -0.15) is 0 Å². The Kier molecular flexibility index (Phi) is 4.39. The van der Waals surface area contributed by atoms with Gasteiger partial charge < -0.3 is 0 Å². The number of rotatable bonds is 3. The number of halogens is 1. The lowest BCUT2D eigenvalue weighted by Gasteiger charge is -2.11. The van der Waals surface area contributed by atoms with Crippen LogP contribution in [0.2, 0.25) is 5.02 Å². The predicted molar refractivity (Wildman–Crippen MR) is 95.8 cm³/mol. The number of benzene rings is 1. The highest BCUT2D eigenvalue weighted by atomic mass is 35.5. The molecule has 0 atom stereocenters. The minimum atomic E-state index is -3.29. The van der Waals surface area contributed by atoms with Gasteiger partial charge in [0.25, 0.3) is 0 Å². The maximum atomic E-state index is 11.8. The molecule has 0 radical (unpaired) electrons. The molecule has 0 spiro atoms. The summed E-state index contributed by atoms with van der Waals surface area (Å²) in [6.07, 6.45) is 4.50. The third kappa shape index (κ3) is 3.47. The maximum absolute atomic E-state index is 11.8. The average molecular weight is 359 g/mol. The number of aryl methyl sites for hydroxylation is 1. The largest absolute Gasteiger partial charge is 0.261 e. The van der Waals surface area contributed by atoms with Gasteiger partial charge in [0.2, 0.25) is 0 Å². The molecule has 3 aromatic rings. The summed E-state index contributed by atoms with van der Waals surface area (Å²) in [4.78, 5) is 8.98. The summed E-state index contributed by atoms with van der Waals surface area (Å²) in [7, 11) is -3.29. The van der Waals surface area contributed by atoms with Gasteiger partial charge in [-0.3, -0.25) is 9.97 Å². The van der Waals surface area contributed by atoms with E-state index in [0.717, 1.165) is 22.4 Å². The lowest BCUT2D eigenvalue weighted by atomic mass is 10.0. The number of pyridine rings is 2. The summed E-state index contributed by atoms with van der Waals surface area (Å²) < 4.78 is 23.6. The van der Waals surface area contributed by atoms with E-state index in [-0.39, 0.29) is 4.90 Å². The molecule has 3 rings (SSSR count). The molecule has 6 heteroatoms. The molecule has 0 aliphatic rings. The second kappa shape index (κ2) is 6.34. The molecule has 0 unspecified atom stereocenters. The molecule has 0 saturated heterocycles. The quantitative estimate of drug-likeness (QED) is 0.704. The highest BCUT2D eigenvalue weighted by molar-refractivity contribution is 7.90. The predicted octanol–water partition coefficient (Wildman–Crippen LogP) is 4.18. The first-order valence-corrected chi connectivity index (χ1v) is 9.50. The summed E-state index contributed by atoms with van der Waals surface area (Å²) >= 11 is 6.11. The summed E-state index contributed by atoms with van der Waals surface area (Å²) in [5, 5.41) is 0.485. The molecule has 0 N–H and O–H groups in total. The van der Waals surface area contributed by atoms with Gasteiger partial charge in [-0.15, -0.1) is 0 Å². The van der Waals surface area contributed by atoms with E-state index in [2.05, 4.69) is 9.97 Å². The van der Waals surface area contributed by atoms with E-state index < -0.39 is 9.84 Å². The maximum Gasteiger partial charge on any atom is 0.175 e. The molecule has 0 bridgehead atoms. The van der Waals surface area contributed by atoms with E-state index in [9.17, 15) is 8.42 Å². The molecule has 0 amide bonds. The number of hydrogen-bond acceptors (Lipinski definition) is 4. The highest BCUT2D eigenvalue weighted by Crippen LogP contribution is 2.33. The van der Waals surface area contributed by atoms with Crippen molar-refractivity contribution < 1.29 is 8.42 Å². The van der Waals surface area contributed by atoms with Gasteiger partial charge in [-0.25, -0.2) is 8.42 Å². The van der Waals surface area contributed by atoms with Gasteiger partial charge >= 0.3 is 0 Å². The fraction of sp³-hybridized carbons (Fsp3) is 0.111. The van der Waals surface area contributed by atoms with Crippen molar-refractivity contribution in [2.75, 3.05) is 6.26 Å². The van der Waals surface area contributed by atoms with E-state index in [0.29, 0.717) is 10.7 Å². The van der Waals surface area contributed by atoms with Crippen LogP contribution in [0, 0.1) is 6.92 Å². The first kappa shape index (κ1) is 16.6. The van der Waals surface area contributed by atoms with Crippen LogP contribution in [0.4, 0.5) is 0 Å². The van der Waals surface area contributed by atoms with Crippen molar-refractivity contribution in [3.05, 3.63) is 65.6 Å². The molecule has 0 fully saturated rings. The topological polar surface area (TPSA) is 59.9 Å². The molecule has 4 nitrogen and oxygen atoms in total. The fourth-order valence-electron chi connectivity index (χ4n) is 2.39. The Bertz CT molecular complexity index is 1000. The van der Waals surface area contributed by atoms with Gasteiger partial charge in [-0.1, -0.05) is 23.7 Å². The molecular formula is C18H15ClN2O2S. The zero-order valence-electron chi connectivity index (χ0n) is 13.2. The SMILES string of the molecule is Cc1ccc(-c2ncc(Cl)cc2-c2cccc(S(C)(=O)=O)c2)cn1. The molecule has 0 aliphatic carbocycles. The van der Waals surface area contributed by atoms with Crippen molar-refractivity contribution in [2.45, 2.75) is 11.8 Å². The second-order valence-corrected chi connectivity index (χ2v) is 7.99. The second-order valence-electron chi connectivity index (χ2n) is 5.54. The first-order valence-electron chi connectivity index (χ1n) is 7.24. The van der Waals surface area contributed by atoms with Crippen LogP contribution in [0.5, 0.6) is 0 Å². The molecule has 0 saturated carbocycles. The van der Waals surface area contributed by atoms with Crippen LogP contribution in [0.15, 0.2) is 59.8 Å². The Labute approximate surface area is 146 Å². The van der Waals surface area contributed by atoms with Crippen molar-refractivity contribution >= 4 is 21.4 Å². The third-order valence-corrected chi connectivity index (χ3v) is 4.93. The minimum absolute atomic E-state index is 0.257. The standard InChI is InChI=1S/C18H15ClN2O2S/c1-12-6-7-14(10-20-12)18-17(9-15(19)11-21-18)13-4-3-5-16(8-13)24(2,22)23/h3-11H,1-2H3. The van der Waals surface area contributed by atoms with E-state index in [1.54, 1.807) is 36.7 Å². The van der Waals surface area contributed by atoms with Crippen LogP contribution < -0.4 is 0 Å². The van der Waals surface area contributed by atoms with E-state index >= 15 is 0 Å². The first-order chi connectivity index (χ1) is 11.3. The highest BCUT2D eigenvalue weighted by Gasteiger charge is 2.13. The molecule has 0 aliphatic heterocycles. The minimum Gasteiger partial charge on any atom is -0.261 e. The van der Waals surface area contributed by atoms with Crippen molar-refractivity contribution in [1.82, 2.24) is 9.97 Å². The number of nitrogens with zero attached hydrogens (tertiary/aromatic N) is 2. The summed E-state index contributed by atoms with van der Waals surface area (Å²) in [5.41, 5.74) is 3.96.